The topological polar surface area (TPSA) is 177 Å². The van der Waals surface area contributed by atoms with Crippen LogP contribution in [-0.4, -0.2) is 77.7 Å². The molecule has 1 unspecified atom stereocenters. The van der Waals surface area contributed by atoms with Gasteiger partial charge in [0.1, 0.15) is 17.6 Å². The Labute approximate surface area is 247 Å². The number of ether oxygens (including phenoxy) is 1. The summed E-state index contributed by atoms with van der Waals surface area (Å²) < 4.78 is 5.01. The molecule has 5 N–H and O–H groups in total. The van der Waals surface area contributed by atoms with Gasteiger partial charge in [0.15, 0.2) is 0 Å². The van der Waals surface area contributed by atoms with E-state index in [1.54, 1.807) is 0 Å². The first-order chi connectivity index (χ1) is 19.5. The summed E-state index contributed by atoms with van der Waals surface area (Å²) in [5.74, 6) is -3.18. The average Bonchev–Trinajstić information content (AvgIpc) is 3.77. The lowest BCUT2D eigenvalue weighted by molar-refractivity contribution is -0.149. The largest absolute Gasteiger partial charge is 0.467 e. The van der Waals surface area contributed by atoms with E-state index in [0.717, 1.165) is 32.1 Å². The van der Waals surface area contributed by atoms with Gasteiger partial charge in [-0.3, -0.25) is 19.2 Å². The first-order valence-corrected chi connectivity index (χ1v) is 15.1. The van der Waals surface area contributed by atoms with Crippen LogP contribution in [0.2, 0.25) is 0 Å². The van der Waals surface area contributed by atoms with E-state index in [4.69, 9.17) is 10.5 Å². The van der Waals surface area contributed by atoms with E-state index in [1.165, 1.54) is 12.0 Å². The van der Waals surface area contributed by atoms with E-state index in [1.807, 2.05) is 34.6 Å². The first kappa shape index (κ1) is 31.7. The lowest BCUT2D eigenvalue weighted by atomic mass is 9.81. The van der Waals surface area contributed by atoms with Crippen LogP contribution in [0.5, 0.6) is 0 Å². The van der Waals surface area contributed by atoms with Gasteiger partial charge in [0.2, 0.25) is 17.6 Å². The number of hydrogen-bond donors (Lipinski definition) is 4. The van der Waals surface area contributed by atoms with Gasteiger partial charge in [-0.15, -0.1) is 0 Å². The fourth-order valence-corrected chi connectivity index (χ4v) is 7.09. The normalized spacial score (nSPS) is 27.1. The predicted octanol–water partition coefficient (Wildman–Crippen LogP) is 1.40. The summed E-state index contributed by atoms with van der Waals surface area (Å²) in [4.78, 5) is 79.7. The molecule has 12 nitrogen and oxygen atoms in total. The van der Waals surface area contributed by atoms with E-state index in [0.29, 0.717) is 25.8 Å². The van der Waals surface area contributed by atoms with Crippen molar-refractivity contribution in [2.75, 3.05) is 13.7 Å². The summed E-state index contributed by atoms with van der Waals surface area (Å²) in [6.45, 7) is 9.88. The number of primary amides is 1. The van der Waals surface area contributed by atoms with Crippen LogP contribution >= 0.6 is 0 Å². The molecule has 0 aromatic rings. The number of rotatable bonds is 10. The molecule has 0 aromatic carbocycles. The lowest BCUT2D eigenvalue weighted by Crippen LogP contribution is -2.64. The number of nitrogens with two attached hydrogens (primary N) is 1. The van der Waals surface area contributed by atoms with Crippen LogP contribution in [0.15, 0.2) is 0 Å². The standard InChI is InChI=1S/C30H47N5O7/c1-28(2,3)22(33-27(41)34-30(26(40)42-6)12-8-7-9-13-30)25(39)35-15-17-19(29(17,4)5)20(35)24(38)32-18(14-16-10-11-16)21(36)23(31)37/h16-20,22H,7-15H2,1-6H3,(H2,31,37)(H,32,38)(H2,33,34,41)/t17-,18?,19-,20-,22+/m0/s1. The van der Waals surface area contributed by atoms with E-state index in [2.05, 4.69) is 16.0 Å². The predicted molar refractivity (Wildman–Crippen MR) is 152 cm³/mol. The van der Waals surface area contributed by atoms with Crippen LogP contribution in [0.3, 0.4) is 0 Å². The summed E-state index contributed by atoms with van der Waals surface area (Å²) >= 11 is 0. The number of ketones is 1. The molecule has 5 amide bonds. The number of esters is 1. The van der Waals surface area contributed by atoms with Crippen LogP contribution in [0, 0.1) is 28.6 Å². The second kappa shape index (κ2) is 11.5. The van der Waals surface area contributed by atoms with Crippen molar-refractivity contribution in [2.24, 2.45) is 34.3 Å². The van der Waals surface area contributed by atoms with Gasteiger partial charge in [-0.1, -0.05) is 66.7 Å². The van der Waals surface area contributed by atoms with Crippen molar-refractivity contribution < 1.29 is 33.5 Å². The Morgan fingerprint density at radius 2 is 1.62 bits per heavy atom. The number of methoxy groups -OCH3 is 1. The minimum Gasteiger partial charge on any atom is -0.467 e. The maximum atomic E-state index is 14.2. The minimum atomic E-state index is -1.16. The Bertz CT molecular complexity index is 1140. The van der Waals surface area contributed by atoms with Crippen molar-refractivity contribution >= 4 is 35.5 Å². The second-order valence-electron chi connectivity index (χ2n) is 14.4. The van der Waals surface area contributed by atoms with Crippen LogP contribution in [0.4, 0.5) is 4.79 Å². The number of carbonyl (C=O) groups excluding carboxylic acids is 6. The minimum absolute atomic E-state index is 0.0743. The van der Waals surface area contributed by atoms with E-state index in [9.17, 15) is 28.8 Å². The Kier molecular flexibility index (Phi) is 8.68. The molecule has 4 aliphatic rings. The van der Waals surface area contributed by atoms with Gasteiger partial charge in [0.25, 0.3) is 5.91 Å². The molecule has 3 aliphatic carbocycles. The fraction of sp³-hybridized carbons (Fsp3) is 0.800. The molecule has 42 heavy (non-hydrogen) atoms. The van der Waals surface area contributed by atoms with Gasteiger partial charge in [0, 0.05) is 6.54 Å². The van der Waals surface area contributed by atoms with Gasteiger partial charge in [0.05, 0.1) is 13.2 Å². The van der Waals surface area contributed by atoms with Crippen LogP contribution < -0.4 is 21.7 Å². The summed E-state index contributed by atoms with van der Waals surface area (Å²) in [6.07, 6.45) is 5.54. The number of nitrogens with one attached hydrogen (secondary N) is 3. The van der Waals surface area contributed by atoms with Gasteiger partial charge < -0.3 is 31.3 Å². The third-order valence-electron chi connectivity index (χ3n) is 9.93. The smallest absolute Gasteiger partial charge is 0.331 e. The number of Topliss-reactive ketones (excluding diaryl/α,β-unsaturated/α-hetero) is 1. The Morgan fingerprint density at radius 1 is 1.00 bits per heavy atom. The van der Waals surface area contributed by atoms with Gasteiger partial charge in [-0.05, 0) is 47.8 Å². The molecular weight excluding hydrogens is 542 g/mol. The zero-order valence-electron chi connectivity index (χ0n) is 25.7. The molecule has 1 saturated heterocycles. The van der Waals surface area contributed by atoms with Crippen molar-refractivity contribution in [3.05, 3.63) is 0 Å². The number of fused-ring (bicyclic) bond motifs is 1. The fourth-order valence-electron chi connectivity index (χ4n) is 7.09. The highest BCUT2D eigenvalue weighted by Crippen LogP contribution is 2.65. The maximum absolute atomic E-state index is 14.2. The molecule has 4 rings (SSSR count). The number of urea groups is 1. The molecule has 0 radical (unpaired) electrons. The third-order valence-corrected chi connectivity index (χ3v) is 9.93. The molecule has 234 valence electrons. The highest BCUT2D eigenvalue weighted by atomic mass is 16.5. The molecular formula is C30H47N5O7. The maximum Gasteiger partial charge on any atom is 0.331 e. The molecule has 12 heteroatoms. The average molecular weight is 590 g/mol. The quantitative estimate of drug-likeness (QED) is 0.220. The number of likely N-dealkylation sites (tertiary alicyclic amines) is 1. The number of amides is 5. The summed E-state index contributed by atoms with van der Waals surface area (Å²) in [5, 5.41) is 8.37. The van der Waals surface area contributed by atoms with Crippen LogP contribution in [0.1, 0.15) is 86.0 Å². The molecule has 3 saturated carbocycles. The molecule has 5 atom stereocenters. The Hall–Kier alpha value is -3.18. The highest BCUT2D eigenvalue weighted by Gasteiger charge is 2.70. The molecule has 0 aromatic heterocycles. The lowest BCUT2D eigenvalue weighted by Gasteiger charge is -2.39. The van der Waals surface area contributed by atoms with E-state index in [-0.39, 0.29) is 23.2 Å². The summed E-state index contributed by atoms with van der Waals surface area (Å²) in [7, 11) is 1.29. The Morgan fingerprint density at radius 3 is 2.14 bits per heavy atom. The van der Waals surface area contributed by atoms with Gasteiger partial charge in [-0.2, -0.15) is 0 Å². The monoisotopic (exact) mass is 589 g/mol. The van der Waals surface area contributed by atoms with Crippen LogP contribution in [0.25, 0.3) is 0 Å². The second-order valence-corrected chi connectivity index (χ2v) is 14.4. The van der Waals surface area contributed by atoms with E-state index >= 15 is 0 Å². The van der Waals surface area contributed by atoms with Crippen LogP contribution in [-0.2, 0) is 28.7 Å². The third kappa shape index (κ3) is 6.27. The number of nitrogens with zero attached hydrogens (tertiary/aromatic N) is 1. The van der Waals surface area contributed by atoms with Crippen molar-refractivity contribution in [1.29, 1.82) is 0 Å². The molecule has 0 spiro atoms. The van der Waals surface area contributed by atoms with Crippen molar-refractivity contribution in [3.63, 3.8) is 0 Å². The number of piperidine rings is 1. The number of carbonyl (C=O) groups is 6. The molecule has 0 bridgehead atoms. The van der Waals surface area contributed by atoms with Gasteiger partial charge >= 0.3 is 12.0 Å². The van der Waals surface area contributed by atoms with E-state index < -0.39 is 64.6 Å². The SMILES string of the molecule is COC(=O)C1(NC(=O)N[C@H](C(=O)N2C[C@H]3[C@@H]([C@H]2C(=O)NC(CC2CC2)C(=O)C(N)=O)C3(C)C)C(C)(C)C)CCCCC1. The summed E-state index contributed by atoms with van der Waals surface area (Å²) in [6, 6.07) is -3.57. The van der Waals surface area contributed by atoms with Crippen molar-refractivity contribution in [1.82, 2.24) is 20.9 Å². The Balaban J connectivity index is 1.54. The van der Waals surface area contributed by atoms with Gasteiger partial charge in [-0.25, -0.2) is 9.59 Å². The zero-order chi connectivity index (χ0) is 31.2. The summed E-state index contributed by atoms with van der Waals surface area (Å²) in [5.41, 5.74) is 3.19. The number of hydrogen-bond acceptors (Lipinski definition) is 7. The highest BCUT2D eigenvalue weighted by molar-refractivity contribution is 6.37. The molecule has 1 aliphatic heterocycles. The van der Waals surface area contributed by atoms with Crippen molar-refractivity contribution in [2.45, 2.75) is 110 Å². The molecule has 4 fully saturated rings. The zero-order valence-corrected chi connectivity index (χ0v) is 25.7. The molecule has 1 heterocycles. The van der Waals surface area contributed by atoms with Crippen molar-refractivity contribution in [3.8, 4) is 0 Å². The first-order valence-electron chi connectivity index (χ1n) is 15.1.